The Balaban J connectivity index is 2.01. The second kappa shape index (κ2) is 12.2. The summed E-state index contributed by atoms with van der Waals surface area (Å²) in [5.74, 6) is -0.158. The maximum absolute atomic E-state index is 11.9. The molecule has 0 saturated heterocycles. The highest BCUT2D eigenvalue weighted by Crippen LogP contribution is 2.07. The Bertz CT molecular complexity index is 434. The van der Waals surface area contributed by atoms with Crippen LogP contribution < -0.4 is 10.6 Å². The Labute approximate surface area is 139 Å². The van der Waals surface area contributed by atoms with E-state index in [1.807, 2.05) is 18.2 Å². The van der Waals surface area contributed by atoms with Gasteiger partial charge in [0.15, 0.2) is 5.11 Å². The first-order valence-corrected chi connectivity index (χ1v) is 8.79. The van der Waals surface area contributed by atoms with Crippen LogP contribution in [0.25, 0.3) is 0 Å². The Morgan fingerprint density at radius 2 is 1.55 bits per heavy atom. The SMILES string of the molecule is CCCCCCCCCCNC(=S)NC(=O)c1ccccc1. The van der Waals surface area contributed by atoms with Crippen LogP contribution in [0.2, 0.25) is 0 Å². The molecule has 4 heteroatoms. The van der Waals surface area contributed by atoms with Crippen LogP contribution in [0.4, 0.5) is 0 Å². The van der Waals surface area contributed by atoms with Gasteiger partial charge in [0.1, 0.15) is 0 Å². The molecule has 1 rings (SSSR count). The van der Waals surface area contributed by atoms with Crippen LogP contribution in [-0.4, -0.2) is 17.6 Å². The summed E-state index contributed by atoms with van der Waals surface area (Å²) in [5, 5.41) is 6.21. The summed E-state index contributed by atoms with van der Waals surface area (Å²) < 4.78 is 0. The summed E-state index contributed by atoms with van der Waals surface area (Å²) in [6.07, 6.45) is 10.3. The maximum atomic E-state index is 11.9. The number of hydrogen-bond donors (Lipinski definition) is 2. The van der Waals surface area contributed by atoms with Gasteiger partial charge in [-0.15, -0.1) is 0 Å². The third kappa shape index (κ3) is 8.78. The lowest BCUT2D eigenvalue weighted by Crippen LogP contribution is -2.39. The fourth-order valence-corrected chi connectivity index (χ4v) is 2.46. The second-order valence-corrected chi connectivity index (χ2v) is 5.96. The van der Waals surface area contributed by atoms with E-state index in [0.717, 1.165) is 13.0 Å². The van der Waals surface area contributed by atoms with E-state index >= 15 is 0 Å². The number of rotatable bonds is 10. The van der Waals surface area contributed by atoms with Crippen LogP contribution in [0.5, 0.6) is 0 Å². The van der Waals surface area contributed by atoms with E-state index in [9.17, 15) is 4.79 Å². The standard InChI is InChI=1S/C18H28N2OS/c1-2-3-4-5-6-7-8-12-15-19-18(22)20-17(21)16-13-10-9-11-14-16/h9-11,13-14H,2-8,12,15H2,1H3,(H2,19,20,21,22). The van der Waals surface area contributed by atoms with Gasteiger partial charge >= 0.3 is 0 Å². The molecule has 0 aromatic heterocycles. The number of nitrogens with one attached hydrogen (secondary N) is 2. The van der Waals surface area contributed by atoms with Gasteiger partial charge in [-0.25, -0.2) is 0 Å². The molecule has 22 heavy (non-hydrogen) atoms. The molecular formula is C18H28N2OS. The third-order valence-corrected chi connectivity index (χ3v) is 3.83. The molecule has 0 bridgehead atoms. The fraction of sp³-hybridized carbons (Fsp3) is 0.556. The van der Waals surface area contributed by atoms with E-state index in [2.05, 4.69) is 17.6 Å². The van der Waals surface area contributed by atoms with Crippen LogP contribution in [0.15, 0.2) is 30.3 Å². The Morgan fingerprint density at radius 1 is 0.955 bits per heavy atom. The fourth-order valence-electron chi connectivity index (χ4n) is 2.27. The minimum atomic E-state index is -0.158. The average Bonchev–Trinajstić information content (AvgIpc) is 2.54. The van der Waals surface area contributed by atoms with Crippen LogP contribution in [0, 0.1) is 0 Å². The highest BCUT2D eigenvalue weighted by molar-refractivity contribution is 7.80. The number of carbonyl (C=O) groups excluding carboxylic acids is 1. The molecule has 1 amide bonds. The summed E-state index contributed by atoms with van der Waals surface area (Å²) in [5.41, 5.74) is 0.624. The first-order chi connectivity index (χ1) is 10.7. The Hall–Kier alpha value is -1.42. The van der Waals surface area contributed by atoms with Crippen molar-refractivity contribution in [1.82, 2.24) is 10.6 Å². The van der Waals surface area contributed by atoms with Gasteiger partial charge in [0.05, 0.1) is 0 Å². The lowest BCUT2D eigenvalue weighted by atomic mass is 10.1. The predicted molar refractivity (Wildman–Crippen MR) is 97.1 cm³/mol. The number of thiocarbonyl (C=S) groups is 1. The molecule has 1 aromatic carbocycles. The van der Waals surface area contributed by atoms with Crippen molar-refractivity contribution in [1.29, 1.82) is 0 Å². The van der Waals surface area contributed by atoms with Crippen molar-refractivity contribution in [3.63, 3.8) is 0 Å². The van der Waals surface area contributed by atoms with Gasteiger partial charge in [0.2, 0.25) is 0 Å². The summed E-state index contributed by atoms with van der Waals surface area (Å²) in [7, 11) is 0. The normalized spacial score (nSPS) is 10.2. The molecule has 0 aliphatic carbocycles. The quantitative estimate of drug-likeness (QED) is 0.495. The zero-order chi connectivity index (χ0) is 16.0. The van der Waals surface area contributed by atoms with Crippen LogP contribution >= 0.6 is 12.2 Å². The lowest BCUT2D eigenvalue weighted by molar-refractivity contribution is 0.0976. The zero-order valence-electron chi connectivity index (χ0n) is 13.6. The second-order valence-electron chi connectivity index (χ2n) is 5.55. The molecule has 122 valence electrons. The highest BCUT2D eigenvalue weighted by atomic mass is 32.1. The average molecular weight is 321 g/mol. The third-order valence-electron chi connectivity index (χ3n) is 3.58. The van der Waals surface area contributed by atoms with Crippen molar-refractivity contribution in [2.24, 2.45) is 0 Å². The van der Waals surface area contributed by atoms with Crippen LogP contribution in [0.1, 0.15) is 68.6 Å². The zero-order valence-corrected chi connectivity index (χ0v) is 14.4. The Morgan fingerprint density at radius 3 is 2.18 bits per heavy atom. The molecule has 2 N–H and O–H groups in total. The number of amides is 1. The smallest absolute Gasteiger partial charge is 0.257 e. The number of benzene rings is 1. The van der Waals surface area contributed by atoms with Gasteiger partial charge in [0.25, 0.3) is 5.91 Å². The van der Waals surface area contributed by atoms with E-state index < -0.39 is 0 Å². The summed E-state index contributed by atoms with van der Waals surface area (Å²) >= 11 is 5.14. The molecule has 0 atom stereocenters. The van der Waals surface area contributed by atoms with Crippen molar-refractivity contribution in [3.05, 3.63) is 35.9 Å². The molecule has 0 aliphatic rings. The van der Waals surface area contributed by atoms with Crippen molar-refractivity contribution in [3.8, 4) is 0 Å². The van der Waals surface area contributed by atoms with Crippen molar-refractivity contribution < 1.29 is 4.79 Å². The molecular weight excluding hydrogens is 292 g/mol. The van der Waals surface area contributed by atoms with Crippen LogP contribution in [0.3, 0.4) is 0 Å². The molecule has 0 radical (unpaired) electrons. The predicted octanol–water partition coefficient (Wildman–Crippen LogP) is 4.43. The van der Waals surface area contributed by atoms with E-state index in [0.29, 0.717) is 10.7 Å². The minimum absolute atomic E-state index is 0.158. The molecule has 1 aromatic rings. The highest BCUT2D eigenvalue weighted by Gasteiger charge is 2.05. The van der Waals surface area contributed by atoms with Gasteiger partial charge < -0.3 is 5.32 Å². The molecule has 0 spiro atoms. The van der Waals surface area contributed by atoms with Gasteiger partial charge in [-0.05, 0) is 30.8 Å². The van der Waals surface area contributed by atoms with Gasteiger partial charge in [0, 0.05) is 12.1 Å². The van der Waals surface area contributed by atoms with Gasteiger partial charge in [-0.2, -0.15) is 0 Å². The molecule has 0 fully saturated rings. The number of unbranched alkanes of at least 4 members (excludes halogenated alkanes) is 7. The van der Waals surface area contributed by atoms with Crippen molar-refractivity contribution in [2.45, 2.75) is 58.3 Å². The topological polar surface area (TPSA) is 41.1 Å². The summed E-state index contributed by atoms with van der Waals surface area (Å²) in [4.78, 5) is 11.9. The first-order valence-electron chi connectivity index (χ1n) is 8.38. The largest absolute Gasteiger partial charge is 0.362 e. The molecule has 3 nitrogen and oxygen atoms in total. The summed E-state index contributed by atoms with van der Waals surface area (Å²) in [6, 6.07) is 9.11. The molecule has 0 heterocycles. The Kier molecular flexibility index (Phi) is 10.3. The van der Waals surface area contributed by atoms with E-state index in [1.165, 1.54) is 44.9 Å². The number of hydrogen-bond acceptors (Lipinski definition) is 2. The van der Waals surface area contributed by atoms with E-state index in [1.54, 1.807) is 12.1 Å². The molecule has 0 aliphatic heterocycles. The summed E-state index contributed by atoms with van der Waals surface area (Å²) in [6.45, 7) is 3.06. The lowest BCUT2D eigenvalue weighted by Gasteiger charge is -2.09. The van der Waals surface area contributed by atoms with E-state index in [4.69, 9.17) is 12.2 Å². The van der Waals surface area contributed by atoms with E-state index in [-0.39, 0.29) is 5.91 Å². The minimum Gasteiger partial charge on any atom is -0.362 e. The van der Waals surface area contributed by atoms with Gasteiger partial charge in [-0.3, -0.25) is 10.1 Å². The van der Waals surface area contributed by atoms with Crippen molar-refractivity contribution >= 4 is 23.2 Å². The first kappa shape index (κ1) is 18.6. The van der Waals surface area contributed by atoms with Crippen molar-refractivity contribution in [2.75, 3.05) is 6.54 Å². The number of carbonyl (C=O) groups is 1. The molecule has 0 unspecified atom stereocenters. The van der Waals surface area contributed by atoms with Crippen LogP contribution in [-0.2, 0) is 0 Å². The monoisotopic (exact) mass is 320 g/mol. The van der Waals surface area contributed by atoms with Gasteiger partial charge in [-0.1, -0.05) is 70.1 Å². The molecule has 0 saturated carbocycles. The maximum Gasteiger partial charge on any atom is 0.257 e.